The largest absolute Gasteiger partial charge is 0.316 e. The normalized spacial score (nSPS) is 10.2. The Balaban J connectivity index is 2.34. The van der Waals surface area contributed by atoms with Crippen molar-refractivity contribution in [3.8, 4) is 0 Å². The molecule has 0 saturated carbocycles. The molecule has 1 heterocycles. The minimum atomic E-state index is -0.0930. The van der Waals surface area contributed by atoms with Crippen molar-refractivity contribution in [2.45, 2.75) is 6.92 Å². The SMILES string of the molecule is Cc1cc(C(=O)c2ccccc2)c(NC(=O)CI)s1. The quantitative estimate of drug-likeness (QED) is 0.496. The Morgan fingerprint density at radius 2 is 1.95 bits per heavy atom. The number of aryl methyl sites for hydroxylation is 1. The molecule has 0 aliphatic carbocycles. The third kappa shape index (κ3) is 3.42. The lowest BCUT2D eigenvalue weighted by Crippen LogP contribution is -2.13. The van der Waals surface area contributed by atoms with Crippen molar-refractivity contribution < 1.29 is 9.59 Å². The van der Waals surface area contributed by atoms with Gasteiger partial charge in [0.05, 0.1) is 9.99 Å². The molecule has 1 amide bonds. The monoisotopic (exact) mass is 385 g/mol. The molecule has 0 aliphatic rings. The molecule has 0 radical (unpaired) electrons. The second-order valence-electron chi connectivity index (χ2n) is 3.98. The van der Waals surface area contributed by atoms with Gasteiger partial charge in [-0.3, -0.25) is 9.59 Å². The molecule has 0 spiro atoms. The number of halogens is 1. The topological polar surface area (TPSA) is 46.2 Å². The molecule has 0 atom stereocenters. The molecule has 98 valence electrons. The van der Waals surface area contributed by atoms with E-state index in [4.69, 9.17) is 0 Å². The van der Waals surface area contributed by atoms with Crippen molar-refractivity contribution in [1.82, 2.24) is 0 Å². The van der Waals surface area contributed by atoms with Crippen molar-refractivity contribution in [1.29, 1.82) is 0 Å². The number of carbonyl (C=O) groups excluding carboxylic acids is 2. The van der Waals surface area contributed by atoms with Crippen LogP contribution in [0.2, 0.25) is 0 Å². The van der Waals surface area contributed by atoms with Crippen LogP contribution in [0.5, 0.6) is 0 Å². The van der Waals surface area contributed by atoms with Crippen LogP contribution in [-0.4, -0.2) is 16.1 Å². The van der Waals surface area contributed by atoms with Crippen molar-refractivity contribution in [2.75, 3.05) is 9.74 Å². The summed E-state index contributed by atoms with van der Waals surface area (Å²) in [5.74, 6) is -0.154. The smallest absolute Gasteiger partial charge is 0.234 e. The van der Waals surface area contributed by atoms with E-state index in [0.29, 0.717) is 20.6 Å². The zero-order valence-electron chi connectivity index (χ0n) is 10.3. The number of alkyl halides is 1. The highest BCUT2D eigenvalue weighted by Crippen LogP contribution is 2.29. The lowest BCUT2D eigenvalue weighted by atomic mass is 10.1. The van der Waals surface area contributed by atoms with Gasteiger partial charge in [-0.05, 0) is 13.0 Å². The van der Waals surface area contributed by atoms with Gasteiger partial charge in [-0.25, -0.2) is 0 Å². The number of hydrogen-bond donors (Lipinski definition) is 1. The first-order valence-electron chi connectivity index (χ1n) is 5.68. The minimum absolute atomic E-state index is 0.0614. The molecular weight excluding hydrogens is 373 g/mol. The maximum Gasteiger partial charge on any atom is 0.234 e. The number of hydrogen-bond acceptors (Lipinski definition) is 3. The van der Waals surface area contributed by atoms with Crippen LogP contribution in [0.4, 0.5) is 5.00 Å². The first-order valence-corrected chi connectivity index (χ1v) is 8.02. The van der Waals surface area contributed by atoms with Gasteiger partial charge in [0, 0.05) is 10.4 Å². The summed E-state index contributed by atoms with van der Waals surface area (Å²) in [5, 5.41) is 3.42. The van der Waals surface area contributed by atoms with Gasteiger partial charge in [-0.1, -0.05) is 52.9 Å². The number of ketones is 1. The molecule has 1 aromatic carbocycles. The van der Waals surface area contributed by atoms with Gasteiger partial charge in [0.25, 0.3) is 0 Å². The highest BCUT2D eigenvalue weighted by atomic mass is 127. The van der Waals surface area contributed by atoms with E-state index in [1.54, 1.807) is 12.1 Å². The molecule has 0 unspecified atom stereocenters. The zero-order chi connectivity index (χ0) is 13.8. The van der Waals surface area contributed by atoms with Crippen LogP contribution in [0.15, 0.2) is 36.4 Å². The standard InChI is InChI=1S/C14H12INO2S/c1-9-7-11(14(19-9)16-12(17)8-15)13(18)10-5-3-2-4-6-10/h2-7H,8H2,1H3,(H,16,17). The fourth-order valence-electron chi connectivity index (χ4n) is 1.68. The van der Waals surface area contributed by atoms with E-state index in [1.165, 1.54) is 11.3 Å². The summed E-state index contributed by atoms with van der Waals surface area (Å²) in [7, 11) is 0. The van der Waals surface area contributed by atoms with E-state index in [0.717, 1.165) is 4.88 Å². The molecule has 2 rings (SSSR count). The van der Waals surface area contributed by atoms with Gasteiger partial charge in [0.15, 0.2) is 5.78 Å². The van der Waals surface area contributed by atoms with Gasteiger partial charge >= 0.3 is 0 Å². The number of benzene rings is 1. The van der Waals surface area contributed by atoms with Crippen molar-refractivity contribution in [3.05, 3.63) is 52.4 Å². The van der Waals surface area contributed by atoms with E-state index in [9.17, 15) is 9.59 Å². The van der Waals surface area contributed by atoms with Crippen LogP contribution in [0, 0.1) is 6.92 Å². The molecular formula is C14H12INO2S. The van der Waals surface area contributed by atoms with Crippen LogP contribution >= 0.6 is 33.9 Å². The van der Waals surface area contributed by atoms with Gasteiger partial charge in [-0.15, -0.1) is 11.3 Å². The Kier molecular flexibility index (Phi) is 4.71. The van der Waals surface area contributed by atoms with Crippen molar-refractivity contribution in [3.63, 3.8) is 0 Å². The number of carbonyl (C=O) groups is 2. The molecule has 0 fully saturated rings. The summed E-state index contributed by atoms with van der Waals surface area (Å²) in [6.07, 6.45) is 0. The zero-order valence-corrected chi connectivity index (χ0v) is 13.2. The van der Waals surface area contributed by atoms with Gasteiger partial charge < -0.3 is 5.32 Å². The van der Waals surface area contributed by atoms with Crippen LogP contribution in [0.25, 0.3) is 0 Å². The highest BCUT2D eigenvalue weighted by Gasteiger charge is 2.17. The summed E-state index contributed by atoms with van der Waals surface area (Å²) in [5.41, 5.74) is 1.19. The molecule has 3 nitrogen and oxygen atoms in total. The first kappa shape index (κ1) is 14.2. The lowest BCUT2D eigenvalue weighted by Gasteiger charge is -2.04. The van der Waals surface area contributed by atoms with Crippen LogP contribution in [-0.2, 0) is 4.79 Å². The van der Waals surface area contributed by atoms with E-state index >= 15 is 0 Å². The first-order chi connectivity index (χ1) is 9.11. The maximum absolute atomic E-state index is 12.4. The Labute approximate surface area is 129 Å². The summed E-state index contributed by atoms with van der Waals surface area (Å²) in [4.78, 5) is 24.9. The van der Waals surface area contributed by atoms with Crippen LogP contribution < -0.4 is 5.32 Å². The fourth-order valence-corrected chi connectivity index (χ4v) is 2.80. The molecule has 1 aromatic heterocycles. The van der Waals surface area contributed by atoms with E-state index in [-0.39, 0.29) is 11.7 Å². The van der Waals surface area contributed by atoms with E-state index in [1.807, 2.05) is 53.8 Å². The molecule has 0 saturated heterocycles. The second kappa shape index (κ2) is 6.29. The Morgan fingerprint density at radius 3 is 2.58 bits per heavy atom. The summed E-state index contributed by atoms with van der Waals surface area (Å²) >= 11 is 3.42. The van der Waals surface area contributed by atoms with Crippen LogP contribution in [0.3, 0.4) is 0 Å². The number of amides is 1. The second-order valence-corrected chi connectivity index (χ2v) is 6.00. The molecule has 19 heavy (non-hydrogen) atoms. The van der Waals surface area contributed by atoms with Crippen molar-refractivity contribution >= 4 is 50.6 Å². The van der Waals surface area contributed by atoms with Crippen molar-refractivity contribution in [2.24, 2.45) is 0 Å². The van der Waals surface area contributed by atoms with E-state index < -0.39 is 0 Å². The molecule has 5 heteroatoms. The molecule has 0 bridgehead atoms. The van der Waals surface area contributed by atoms with Gasteiger partial charge in [0.1, 0.15) is 5.00 Å². The third-order valence-electron chi connectivity index (χ3n) is 2.51. The molecule has 2 aromatic rings. The maximum atomic E-state index is 12.4. The van der Waals surface area contributed by atoms with Gasteiger partial charge in [-0.2, -0.15) is 0 Å². The Morgan fingerprint density at radius 1 is 1.26 bits per heavy atom. The number of anilines is 1. The van der Waals surface area contributed by atoms with Crippen LogP contribution in [0.1, 0.15) is 20.8 Å². The molecule has 1 N–H and O–H groups in total. The molecule has 0 aliphatic heterocycles. The third-order valence-corrected chi connectivity index (χ3v) is 4.17. The summed E-state index contributed by atoms with van der Waals surface area (Å²) in [6, 6.07) is 10.9. The number of rotatable bonds is 4. The summed E-state index contributed by atoms with van der Waals surface area (Å²) < 4.78 is 0.369. The van der Waals surface area contributed by atoms with E-state index in [2.05, 4.69) is 5.32 Å². The number of nitrogens with one attached hydrogen (secondary N) is 1. The average molecular weight is 385 g/mol. The fraction of sp³-hybridized carbons (Fsp3) is 0.143. The Bertz CT molecular complexity index is 607. The highest BCUT2D eigenvalue weighted by molar-refractivity contribution is 14.1. The minimum Gasteiger partial charge on any atom is -0.316 e. The lowest BCUT2D eigenvalue weighted by molar-refractivity contribution is -0.113. The predicted octanol–water partition coefficient (Wildman–Crippen LogP) is 3.66. The van der Waals surface area contributed by atoms with Gasteiger partial charge in [0.2, 0.25) is 5.91 Å². The Hall–Kier alpha value is -1.21. The predicted molar refractivity (Wildman–Crippen MR) is 86.4 cm³/mol. The number of thiophene rings is 1. The summed E-state index contributed by atoms with van der Waals surface area (Å²) in [6.45, 7) is 1.92. The average Bonchev–Trinajstić information content (AvgIpc) is 2.79.